The van der Waals surface area contributed by atoms with Crippen LogP contribution in [0.25, 0.3) is 0 Å². The highest BCUT2D eigenvalue weighted by Crippen LogP contribution is 2.39. The average molecular weight is 253 g/mol. The fourth-order valence-corrected chi connectivity index (χ4v) is 4.00. The molecule has 3 unspecified atom stereocenters. The number of hydrogen-bond acceptors (Lipinski definition) is 2. The predicted molar refractivity (Wildman–Crippen MR) is 72.6 cm³/mol. The van der Waals surface area contributed by atoms with E-state index >= 15 is 0 Å². The molecule has 2 aliphatic rings. The number of carboxylic acids is 1. The summed E-state index contributed by atoms with van der Waals surface area (Å²) in [6.07, 6.45) is 7.11. The highest BCUT2D eigenvalue weighted by atomic mass is 16.4. The van der Waals surface area contributed by atoms with Gasteiger partial charge in [-0.25, -0.2) is 0 Å². The maximum atomic E-state index is 11.7. The van der Waals surface area contributed by atoms with Crippen LogP contribution < -0.4 is 0 Å². The van der Waals surface area contributed by atoms with Crippen molar-refractivity contribution in [2.75, 3.05) is 6.54 Å². The van der Waals surface area contributed by atoms with Crippen LogP contribution >= 0.6 is 0 Å². The SMILES string of the molecule is CC1CCCC(N2CCCC(C)(C)C2C(=O)O)C1. The van der Waals surface area contributed by atoms with Crippen molar-refractivity contribution in [3.05, 3.63) is 0 Å². The summed E-state index contributed by atoms with van der Waals surface area (Å²) >= 11 is 0. The van der Waals surface area contributed by atoms with Crippen molar-refractivity contribution in [1.82, 2.24) is 4.90 Å². The molecule has 1 aliphatic heterocycles. The van der Waals surface area contributed by atoms with Gasteiger partial charge in [0.25, 0.3) is 0 Å². The van der Waals surface area contributed by atoms with Gasteiger partial charge in [-0.1, -0.05) is 33.6 Å². The Kier molecular flexibility index (Phi) is 4.00. The molecule has 1 saturated carbocycles. The van der Waals surface area contributed by atoms with Gasteiger partial charge >= 0.3 is 5.97 Å². The first-order valence-corrected chi connectivity index (χ1v) is 7.40. The zero-order valence-electron chi connectivity index (χ0n) is 12.0. The molecule has 0 aromatic heterocycles. The van der Waals surface area contributed by atoms with Crippen LogP contribution in [0.3, 0.4) is 0 Å². The van der Waals surface area contributed by atoms with Gasteiger partial charge in [-0.3, -0.25) is 9.69 Å². The van der Waals surface area contributed by atoms with Crippen molar-refractivity contribution < 1.29 is 9.90 Å². The molecule has 104 valence electrons. The summed E-state index contributed by atoms with van der Waals surface area (Å²) < 4.78 is 0. The summed E-state index contributed by atoms with van der Waals surface area (Å²) in [5, 5.41) is 9.60. The zero-order chi connectivity index (χ0) is 13.3. The van der Waals surface area contributed by atoms with Gasteiger partial charge in [0.2, 0.25) is 0 Å². The summed E-state index contributed by atoms with van der Waals surface area (Å²) in [7, 11) is 0. The molecule has 0 aromatic rings. The number of piperidine rings is 1. The van der Waals surface area contributed by atoms with Gasteiger partial charge in [0.1, 0.15) is 6.04 Å². The molecule has 2 rings (SSSR count). The number of rotatable bonds is 2. The first kappa shape index (κ1) is 13.9. The predicted octanol–water partition coefficient (Wildman–Crippen LogP) is 3.14. The Hall–Kier alpha value is -0.570. The van der Waals surface area contributed by atoms with Crippen molar-refractivity contribution in [3.8, 4) is 0 Å². The van der Waals surface area contributed by atoms with E-state index in [0.717, 1.165) is 25.3 Å². The Labute approximate surface area is 111 Å². The van der Waals surface area contributed by atoms with Crippen LogP contribution in [0.5, 0.6) is 0 Å². The van der Waals surface area contributed by atoms with E-state index in [1.807, 2.05) is 0 Å². The summed E-state index contributed by atoms with van der Waals surface area (Å²) in [6, 6.07) is 0.205. The van der Waals surface area contributed by atoms with E-state index in [1.165, 1.54) is 25.7 Å². The van der Waals surface area contributed by atoms with E-state index in [0.29, 0.717) is 6.04 Å². The molecule has 1 aliphatic carbocycles. The average Bonchev–Trinajstić information content (AvgIpc) is 2.26. The minimum absolute atomic E-state index is 0.0925. The molecule has 0 bridgehead atoms. The Morgan fingerprint density at radius 2 is 2.00 bits per heavy atom. The maximum Gasteiger partial charge on any atom is 0.321 e. The van der Waals surface area contributed by atoms with Crippen LogP contribution in [0.2, 0.25) is 0 Å². The van der Waals surface area contributed by atoms with E-state index in [1.54, 1.807) is 0 Å². The largest absolute Gasteiger partial charge is 0.480 e. The van der Waals surface area contributed by atoms with Gasteiger partial charge in [-0.15, -0.1) is 0 Å². The lowest BCUT2D eigenvalue weighted by Gasteiger charge is -2.49. The Balaban J connectivity index is 2.16. The highest BCUT2D eigenvalue weighted by Gasteiger charge is 2.45. The van der Waals surface area contributed by atoms with Crippen LogP contribution in [-0.2, 0) is 4.79 Å². The first-order chi connectivity index (χ1) is 8.42. The molecule has 3 atom stereocenters. The fraction of sp³-hybridized carbons (Fsp3) is 0.933. The minimum Gasteiger partial charge on any atom is -0.480 e. The van der Waals surface area contributed by atoms with Crippen LogP contribution in [0.1, 0.15) is 59.3 Å². The van der Waals surface area contributed by atoms with Crippen LogP contribution in [-0.4, -0.2) is 34.6 Å². The Morgan fingerprint density at radius 3 is 2.61 bits per heavy atom. The molecular formula is C15H27NO2. The van der Waals surface area contributed by atoms with Gasteiger partial charge < -0.3 is 5.11 Å². The van der Waals surface area contributed by atoms with E-state index in [9.17, 15) is 9.90 Å². The summed E-state index contributed by atoms with van der Waals surface area (Å²) in [4.78, 5) is 14.0. The molecule has 0 radical (unpaired) electrons. The van der Waals surface area contributed by atoms with Crippen molar-refractivity contribution in [2.45, 2.75) is 71.4 Å². The number of carboxylic acid groups (broad SMARTS) is 1. The topological polar surface area (TPSA) is 40.5 Å². The molecule has 0 amide bonds. The molecule has 3 heteroatoms. The third-order valence-corrected chi connectivity index (χ3v) is 4.92. The number of hydrogen-bond donors (Lipinski definition) is 1. The molecule has 18 heavy (non-hydrogen) atoms. The van der Waals surface area contributed by atoms with Crippen molar-refractivity contribution >= 4 is 5.97 Å². The van der Waals surface area contributed by atoms with Gasteiger partial charge in [0.15, 0.2) is 0 Å². The lowest BCUT2D eigenvalue weighted by atomic mass is 9.74. The number of likely N-dealkylation sites (tertiary alicyclic amines) is 1. The summed E-state index contributed by atoms with van der Waals surface area (Å²) in [5.74, 6) is 0.126. The second kappa shape index (κ2) is 5.20. The fourth-order valence-electron chi connectivity index (χ4n) is 4.00. The smallest absolute Gasteiger partial charge is 0.321 e. The Bertz CT molecular complexity index is 314. The monoisotopic (exact) mass is 253 g/mol. The zero-order valence-corrected chi connectivity index (χ0v) is 12.0. The molecule has 3 nitrogen and oxygen atoms in total. The molecule has 0 spiro atoms. The minimum atomic E-state index is -0.627. The van der Waals surface area contributed by atoms with E-state index in [4.69, 9.17) is 0 Å². The molecule has 1 saturated heterocycles. The van der Waals surface area contributed by atoms with Gasteiger partial charge in [0, 0.05) is 6.04 Å². The molecule has 1 N–H and O–H groups in total. The van der Waals surface area contributed by atoms with Crippen LogP contribution in [0.4, 0.5) is 0 Å². The van der Waals surface area contributed by atoms with E-state index < -0.39 is 5.97 Å². The van der Waals surface area contributed by atoms with Crippen molar-refractivity contribution in [1.29, 1.82) is 0 Å². The first-order valence-electron chi connectivity index (χ1n) is 7.40. The molecular weight excluding hydrogens is 226 g/mol. The number of carbonyl (C=O) groups is 1. The van der Waals surface area contributed by atoms with E-state index in [2.05, 4.69) is 25.7 Å². The second-order valence-corrected chi connectivity index (χ2v) is 7.00. The van der Waals surface area contributed by atoms with Gasteiger partial charge in [0.05, 0.1) is 0 Å². The standard InChI is InChI=1S/C15H27NO2/c1-11-6-4-7-12(10-11)16-9-5-8-15(2,3)13(16)14(17)18/h11-13H,4-10H2,1-3H3,(H,17,18). The third kappa shape index (κ3) is 2.71. The number of nitrogens with zero attached hydrogens (tertiary/aromatic N) is 1. The lowest BCUT2D eigenvalue weighted by molar-refractivity contribution is -0.153. The lowest BCUT2D eigenvalue weighted by Crippen LogP contribution is -2.58. The van der Waals surface area contributed by atoms with Crippen molar-refractivity contribution in [3.63, 3.8) is 0 Å². The van der Waals surface area contributed by atoms with Crippen LogP contribution in [0, 0.1) is 11.3 Å². The Morgan fingerprint density at radius 1 is 1.28 bits per heavy atom. The summed E-state index contributed by atoms with van der Waals surface area (Å²) in [5.41, 5.74) is -0.0925. The highest BCUT2D eigenvalue weighted by molar-refractivity contribution is 5.74. The van der Waals surface area contributed by atoms with Gasteiger partial charge in [-0.2, -0.15) is 0 Å². The van der Waals surface area contributed by atoms with Crippen molar-refractivity contribution in [2.24, 2.45) is 11.3 Å². The third-order valence-electron chi connectivity index (χ3n) is 4.92. The summed E-state index contributed by atoms with van der Waals surface area (Å²) in [6.45, 7) is 7.50. The maximum absolute atomic E-state index is 11.7. The second-order valence-electron chi connectivity index (χ2n) is 7.00. The van der Waals surface area contributed by atoms with E-state index in [-0.39, 0.29) is 11.5 Å². The van der Waals surface area contributed by atoms with Crippen LogP contribution in [0.15, 0.2) is 0 Å². The molecule has 1 heterocycles. The molecule has 2 fully saturated rings. The van der Waals surface area contributed by atoms with Gasteiger partial charge in [-0.05, 0) is 43.6 Å². The quantitative estimate of drug-likeness (QED) is 0.822. The normalized spacial score (nSPS) is 37.4. The molecule has 0 aromatic carbocycles. The number of aliphatic carboxylic acids is 1.